The largest absolute Gasteiger partial charge is 0.428 e. The Morgan fingerprint density at radius 3 is 2.67 bits per heavy atom. The molecule has 2 rings (SSSR count). The molecule has 12 heavy (non-hydrogen) atoms. The van der Waals surface area contributed by atoms with Crippen molar-refractivity contribution in [1.29, 1.82) is 0 Å². The number of hydrogen-bond acceptors (Lipinski definition) is 4. The quantitative estimate of drug-likeness (QED) is 0.500. The molecule has 0 aromatic carbocycles. The second-order valence-electron chi connectivity index (χ2n) is 3.18. The van der Waals surface area contributed by atoms with Crippen LogP contribution >= 0.6 is 0 Å². The lowest BCUT2D eigenvalue weighted by Gasteiger charge is -2.25. The van der Waals surface area contributed by atoms with E-state index in [1.165, 1.54) is 0 Å². The summed E-state index contributed by atoms with van der Waals surface area (Å²) < 4.78 is 5.01. The van der Waals surface area contributed by atoms with Crippen LogP contribution in [0.25, 0.3) is 0 Å². The summed E-state index contributed by atoms with van der Waals surface area (Å²) in [4.78, 5) is 10.7. The molecule has 2 aliphatic rings. The lowest BCUT2D eigenvalue weighted by atomic mass is 9.97. The monoisotopic (exact) mass is 171 g/mol. The standard InChI is InChI=1S/C7H13N3O2/c11-7-10-9-6(12-7)5-1-3-8-4-2-5/h5-6,8-9H,1-4H2,(H,10,11). The van der Waals surface area contributed by atoms with E-state index in [1.54, 1.807) is 0 Å². The summed E-state index contributed by atoms with van der Waals surface area (Å²) in [6.07, 6.45) is 1.64. The third-order valence-corrected chi connectivity index (χ3v) is 2.36. The molecule has 0 spiro atoms. The van der Waals surface area contributed by atoms with Gasteiger partial charge in [0.15, 0.2) is 6.23 Å². The van der Waals surface area contributed by atoms with Crippen molar-refractivity contribution in [2.75, 3.05) is 13.1 Å². The number of ether oxygens (including phenoxy) is 1. The Morgan fingerprint density at radius 1 is 1.33 bits per heavy atom. The number of piperidine rings is 1. The normalized spacial score (nSPS) is 31.3. The van der Waals surface area contributed by atoms with Gasteiger partial charge < -0.3 is 10.1 Å². The molecule has 2 heterocycles. The van der Waals surface area contributed by atoms with Crippen molar-refractivity contribution in [3.05, 3.63) is 0 Å². The minimum absolute atomic E-state index is 0.125. The van der Waals surface area contributed by atoms with Gasteiger partial charge in [-0.15, -0.1) is 0 Å². The third-order valence-electron chi connectivity index (χ3n) is 2.36. The number of cyclic esters (lactones) is 1. The molecule has 0 aliphatic carbocycles. The number of amides is 1. The lowest BCUT2D eigenvalue weighted by molar-refractivity contribution is 0.0735. The first-order valence-corrected chi connectivity index (χ1v) is 4.29. The zero-order valence-electron chi connectivity index (χ0n) is 6.80. The van der Waals surface area contributed by atoms with E-state index in [0.29, 0.717) is 5.92 Å². The molecule has 2 fully saturated rings. The summed E-state index contributed by atoms with van der Waals surface area (Å²) >= 11 is 0. The highest BCUT2D eigenvalue weighted by Gasteiger charge is 2.30. The molecule has 0 aromatic rings. The van der Waals surface area contributed by atoms with Crippen molar-refractivity contribution in [3.8, 4) is 0 Å². The SMILES string of the molecule is O=C1NNC(C2CCNCC2)O1. The molecule has 1 unspecified atom stereocenters. The molecule has 5 heteroatoms. The van der Waals surface area contributed by atoms with Gasteiger partial charge in [-0.05, 0) is 25.9 Å². The van der Waals surface area contributed by atoms with Crippen LogP contribution in [0.1, 0.15) is 12.8 Å². The van der Waals surface area contributed by atoms with Gasteiger partial charge in [-0.3, -0.25) is 5.43 Å². The van der Waals surface area contributed by atoms with Gasteiger partial charge in [0.05, 0.1) is 0 Å². The molecule has 68 valence electrons. The highest BCUT2D eigenvalue weighted by molar-refractivity contribution is 5.68. The molecular formula is C7H13N3O2. The molecule has 0 bridgehead atoms. The first-order valence-electron chi connectivity index (χ1n) is 4.29. The zero-order valence-corrected chi connectivity index (χ0v) is 6.80. The van der Waals surface area contributed by atoms with Crippen molar-refractivity contribution in [2.45, 2.75) is 19.1 Å². The molecule has 2 saturated heterocycles. The Morgan fingerprint density at radius 2 is 2.08 bits per heavy atom. The van der Waals surface area contributed by atoms with E-state index in [-0.39, 0.29) is 12.3 Å². The summed E-state index contributed by atoms with van der Waals surface area (Å²) in [6.45, 7) is 2.03. The summed E-state index contributed by atoms with van der Waals surface area (Å²) in [5, 5.41) is 3.26. The molecule has 0 radical (unpaired) electrons. The molecular weight excluding hydrogens is 158 g/mol. The summed E-state index contributed by atoms with van der Waals surface area (Å²) in [6, 6.07) is 0. The average molecular weight is 171 g/mol. The predicted octanol–water partition coefficient (Wildman–Crippen LogP) is -0.444. The molecule has 5 nitrogen and oxygen atoms in total. The number of hydrogen-bond donors (Lipinski definition) is 3. The fourth-order valence-electron chi connectivity index (χ4n) is 1.67. The van der Waals surface area contributed by atoms with Crippen molar-refractivity contribution < 1.29 is 9.53 Å². The maximum atomic E-state index is 10.7. The van der Waals surface area contributed by atoms with Crippen molar-refractivity contribution in [2.24, 2.45) is 5.92 Å². The smallest absolute Gasteiger partial charge is 0.423 e. The molecule has 0 saturated carbocycles. The van der Waals surface area contributed by atoms with Crippen LogP contribution in [-0.4, -0.2) is 25.4 Å². The lowest BCUT2D eigenvalue weighted by Crippen LogP contribution is -2.41. The molecule has 3 N–H and O–H groups in total. The Labute approximate surface area is 70.8 Å². The highest BCUT2D eigenvalue weighted by atomic mass is 16.6. The maximum Gasteiger partial charge on any atom is 0.423 e. The summed E-state index contributed by atoms with van der Waals surface area (Å²) in [7, 11) is 0. The van der Waals surface area contributed by atoms with Gasteiger partial charge in [0.1, 0.15) is 0 Å². The second kappa shape index (κ2) is 3.28. The molecule has 1 amide bonds. The van der Waals surface area contributed by atoms with Crippen molar-refractivity contribution in [3.63, 3.8) is 0 Å². The Hall–Kier alpha value is -0.810. The van der Waals surface area contributed by atoms with E-state index >= 15 is 0 Å². The Balaban J connectivity index is 1.86. The Bertz CT molecular complexity index is 179. The average Bonchev–Trinajstić information content (AvgIpc) is 2.54. The summed E-state index contributed by atoms with van der Waals surface area (Å²) in [5.74, 6) is 0.449. The van der Waals surface area contributed by atoms with Gasteiger partial charge in [-0.1, -0.05) is 0 Å². The molecule has 1 atom stereocenters. The fraction of sp³-hybridized carbons (Fsp3) is 0.857. The minimum atomic E-state index is -0.362. The predicted molar refractivity (Wildman–Crippen MR) is 42.1 cm³/mol. The van der Waals surface area contributed by atoms with E-state index in [2.05, 4.69) is 16.2 Å². The fourth-order valence-corrected chi connectivity index (χ4v) is 1.67. The van der Waals surface area contributed by atoms with Gasteiger partial charge in [-0.2, -0.15) is 5.43 Å². The van der Waals surface area contributed by atoms with Crippen molar-refractivity contribution >= 4 is 6.09 Å². The van der Waals surface area contributed by atoms with Gasteiger partial charge in [0.25, 0.3) is 0 Å². The van der Waals surface area contributed by atoms with Crippen molar-refractivity contribution in [1.82, 2.24) is 16.2 Å². The van der Waals surface area contributed by atoms with Crippen LogP contribution < -0.4 is 16.2 Å². The van der Waals surface area contributed by atoms with E-state index in [9.17, 15) is 4.79 Å². The van der Waals surface area contributed by atoms with Crippen LogP contribution in [-0.2, 0) is 4.74 Å². The topological polar surface area (TPSA) is 62.4 Å². The zero-order chi connectivity index (χ0) is 8.39. The molecule has 0 aromatic heterocycles. The van der Waals surface area contributed by atoms with Crippen LogP contribution in [0.5, 0.6) is 0 Å². The first kappa shape index (κ1) is 7.82. The van der Waals surface area contributed by atoms with E-state index < -0.39 is 0 Å². The number of hydrazine groups is 1. The van der Waals surface area contributed by atoms with Crippen LogP contribution in [0.2, 0.25) is 0 Å². The highest BCUT2D eigenvalue weighted by Crippen LogP contribution is 2.18. The van der Waals surface area contributed by atoms with Crippen LogP contribution in [0, 0.1) is 5.92 Å². The number of carbonyl (C=O) groups excluding carboxylic acids is 1. The van der Waals surface area contributed by atoms with Gasteiger partial charge in [0.2, 0.25) is 0 Å². The number of carbonyl (C=O) groups is 1. The van der Waals surface area contributed by atoms with Crippen LogP contribution in [0.4, 0.5) is 4.79 Å². The van der Waals surface area contributed by atoms with E-state index in [1.807, 2.05) is 0 Å². The maximum absolute atomic E-state index is 10.7. The third kappa shape index (κ3) is 1.51. The number of rotatable bonds is 1. The van der Waals surface area contributed by atoms with Crippen LogP contribution in [0.15, 0.2) is 0 Å². The second-order valence-corrected chi connectivity index (χ2v) is 3.18. The Kier molecular flexibility index (Phi) is 2.14. The minimum Gasteiger partial charge on any atom is -0.428 e. The summed E-state index contributed by atoms with van der Waals surface area (Å²) in [5.41, 5.74) is 5.26. The van der Waals surface area contributed by atoms with E-state index in [0.717, 1.165) is 25.9 Å². The molecule has 2 aliphatic heterocycles. The van der Waals surface area contributed by atoms with Gasteiger partial charge in [0, 0.05) is 5.92 Å². The van der Waals surface area contributed by atoms with E-state index in [4.69, 9.17) is 4.74 Å². The van der Waals surface area contributed by atoms with Gasteiger partial charge in [-0.25, -0.2) is 4.79 Å². The van der Waals surface area contributed by atoms with Crippen LogP contribution in [0.3, 0.4) is 0 Å². The van der Waals surface area contributed by atoms with Gasteiger partial charge >= 0.3 is 6.09 Å². The first-order chi connectivity index (χ1) is 5.86. The number of nitrogens with one attached hydrogen (secondary N) is 3.